The first-order chi connectivity index (χ1) is 14.5. The summed E-state index contributed by atoms with van der Waals surface area (Å²) in [6, 6.07) is 5.56. The molecule has 10 heteroatoms. The average Bonchev–Trinajstić information content (AvgIpc) is 3.21. The van der Waals surface area contributed by atoms with Crippen molar-refractivity contribution >= 4 is 34.0 Å². The average molecular weight is 427 g/mol. The van der Waals surface area contributed by atoms with Crippen LogP contribution in [-0.2, 0) is 4.79 Å². The molecule has 0 aliphatic rings. The second-order valence-corrected chi connectivity index (χ2v) is 7.80. The summed E-state index contributed by atoms with van der Waals surface area (Å²) >= 11 is 1.55. The van der Waals surface area contributed by atoms with Crippen LogP contribution in [0.25, 0.3) is 10.4 Å². The van der Waals surface area contributed by atoms with Gasteiger partial charge in [-0.15, -0.1) is 0 Å². The van der Waals surface area contributed by atoms with Gasteiger partial charge in [0.2, 0.25) is 5.91 Å². The zero-order valence-corrected chi connectivity index (χ0v) is 18.3. The molecule has 158 valence electrons. The summed E-state index contributed by atoms with van der Waals surface area (Å²) in [5.74, 6) is 2.07. The van der Waals surface area contributed by atoms with Gasteiger partial charge < -0.3 is 20.9 Å². The molecule has 0 bridgehead atoms. The number of pyridine rings is 1. The Hall–Kier alpha value is -3.11. The van der Waals surface area contributed by atoms with E-state index in [1.165, 1.54) is 0 Å². The number of hydrogen-bond acceptors (Lipinski definition) is 9. The number of nitrogens with zero attached hydrogens (tertiary/aromatic N) is 5. The topological polar surface area (TPSA) is 108 Å². The van der Waals surface area contributed by atoms with E-state index in [1.807, 2.05) is 50.2 Å². The zero-order chi connectivity index (χ0) is 21.5. The van der Waals surface area contributed by atoms with E-state index in [-0.39, 0.29) is 11.9 Å². The Morgan fingerprint density at radius 1 is 1.27 bits per heavy atom. The van der Waals surface area contributed by atoms with Gasteiger partial charge in [0.1, 0.15) is 17.5 Å². The number of amides is 1. The number of aryl methyl sites for hydroxylation is 1. The first kappa shape index (κ1) is 21.6. The Bertz CT molecular complexity index is 978. The highest BCUT2D eigenvalue weighted by Gasteiger charge is 2.12. The van der Waals surface area contributed by atoms with Gasteiger partial charge in [0.05, 0.1) is 10.9 Å². The number of thiazole rings is 1. The molecule has 1 amide bonds. The number of aromatic nitrogens is 4. The molecule has 0 radical (unpaired) electrons. The summed E-state index contributed by atoms with van der Waals surface area (Å²) in [6.45, 7) is 4.82. The van der Waals surface area contributed by atoms with Crippen LogP contribution in [0.4, 0.5) is 16.8 Å². The molecule has 3 N–H and O–H groups in total. The molecule has 0 fully saturated rings. The zero-order valence-electron chi connectivity index (χ0n) is 17.5. The minimum absolute atomic E-state index is 0.0269. The van der Waals surface area contributed by atoms with Crippen LogP contribution in [0.15, 0.2) is 36.8 Å². The van der Waals surface area contributed by atoms with Gasteiger partial charge in [-0.2, -0.15) is 0 Å². The summed E-state index contributed by atoms with van der Waals surface area (Å²) in [5, 5.41) is 9.84. The predicted molar refractivity (Wildman–Crippen MR) is 120 cm³/mol. The first-order valence-corrected chi connectivity index (χ1v) is 10.4. The number of carbonyl (C=O) groups is 1. The van der Waals surface area contributed by atoms with Crippen molar-refractivity contribution in [1.29, 1.82) is 0 Å². The van der Waals surface area contributed by atoms with Crippen LogP contribution in [0.5, 0.6) is 0 Å². The lowest BCUT2D eigenvalue weighted by atomic mass is 10.2. The van der Waals surface area contributed by atoms with E-state index >= 15 is 0 Å². The van der Waals surface area contributed by atoms with Gasteiger partial charge in [0.15, 0.2) is 5.13 Å². The largest absolute Gasteiger partial charge is 0.358 e. The van der Waals surface area contributed by atoms with Crippen LogP contribution < -0.4 is 20.9 Å². The van der Waals surface area contributed by atoms with E-state index in [0.29, 0.717) is 24.7 Å². The normalized spacial score (nSPS) is 11.7. The fourth-order valence-electron chi connectivity index (χ4n) is 2.65. The molecule has 0 aliphatic heterocycles. The lowest BCUT2D eigenvalue weighted by Gasteiger charge is -2.20. The summed E-state index contributed by atoms with van der Waals surface area (Å²) < 4.78 is 0. The van der Waals surface area contributed by atoms with Crippen LogP contribution in [0.1, 0.15) is 12.7 Å². The molecule has 30 heavy (non-hydrogen) atoms. The number of nitrogens with one attached hydrogen (secondary N) is 3. The number of anilines is 3. The van der Waals surface area contributed by atoms with Crippen LogP contribution in [-0.4, -0.2) is 59.1 Å². The van der Waals surface area contributed by atoms with Crippen molar-refractivity contribution < 1.29 is 4.79 Å². The van der Waals surface area contributed by atoms with Crippen LogP contribution >= 0.6 is 11.3 Å². The summed E-state index contributed by atoms with van der Waals surface area (Å²) in [4.78, 5) is 32.4. The van der Waals surface area contributed by atoms with Crippen molar-refractivity contribution in [1.82, 2.24) is 30.6 Å². The Kier molecular flexibility index (Phi) is 7.26. The van der Waals surface area contributed by atoms with Crippen molar-refractivity contribution in [3.05, 3.63) is 42.6 Å². The molecular formula is C20H26N8OS. The highest BCUT2D eigenvalue weighted by atomic mass is 32.1. The maximum absolute atomic E-state index is 11.9. The van der Waals surface area contributed by atoms with Crippen molar-refractivity contribution in [3.63, 3.8) is 0 Å². The van der Waals surface area contributed by atoms with E-state index in [9.17, 15) is 4.79 Å². The molecule has 3 heterocycles. The van der Waals surface area contributed by atoms with Gasteiger partial charge in [0, 0.05) is 44.8 Å². The van der Waals surface area contributed by atoms with Gasteiger partial charge >= 0.3 is 0 Å². The minimum Gasteiger partial charge on any atom is -0.358 e. The fourth-order valence-corrected chi connectivity index (χ4v) is 3.48. The highest BCUT2D eigenvalue weighted by molar-refractivity contribution is 7.18. The lowest BCUT2D eigenvalue weighted by molar-refractivity contribution is -0.122. The third-order valence-corrected chi connectivity index (χ3v) is 5.46. The molecule has 0 aliphatic carbocycles. The lowest BCUT2D eigenvalue weighted by Crippen LogP contribution is -2.43. The van der Waals surface area contributed by atoms with E-state index < -0.39 is 0 Å². The minimum atomic E-state index is -0.220. The SMILES string of the molecule is CN[C@@H](C)C(=O)NCCN(C)c1cc(Nc2ncc(-c3ccncc3)s2)nc(C)n1. The molecule has 0 aromatic carbocycles. The van der Waals surface area contributed by atoms with E-state index in [2.05, 4.69) is 35.9 Å². The van der Waals surface area contributed by atoms with Gasteiger partial charge in [-0.25, -0.2) is 15.0 Å². The first-order valence-electron chi connectivity index (χ1n) is 9.61. The molecule has 0 unspecified atom stereocenters. The fraction of sp³-hybridized carbons (Fsp3) is 0.350. The maximum atomic E-state index is 11.9. The van der Waals surface area contributed by atoms with E-state index in [4.69, 9.17) is 0 Å². The van der Waals surface area contributed by atoms with E-state index in [0.717, 1.165) is 21.4 Å². The van der Waals surface area contributed by atoms with Crippen molar-refractivity contribution in [3.8, 4) is 10.4 Å². The standard InChI is InChI=1S/C20H26N8OS/c1-13(21-3)19(29)23-9-10-28(4)18-11-17(25-14(2)26-18)27-20-24-12-16(30-20)15-5-7-22-8-6-15/h5-8,11-13,21H,9-10H2,1-4H3,(H,23,29)(H,24,25,26,27)/t13-/m0/s1. The monoisotopic (exact) mass is 426 g/mol. The van der Waals surface area contributed by atoms with Gasteiger partial charge in [-0.1, -0.05) is 11.3 Å². The maximum Gasteiger partial charge on any atom is 0.236 e. The molecular weight excluding hydrogens is 400 g/mol. The summed E-state index contributed by atoms with van der Waals surface area (Å²) in [5.41, 5.74) is 1.07. The Labute approximate surface area is 180 Å². The Morgan fingerprint density at radius 3 is 2.77 bits per heavy atom. The van der Waals surface area contributed by atoms with Crippen molar-refractivity contribution in [2.75, 3.05) is 37.4 Å². The predicted octanol–water partition coefficient (Wildman–Crippen LogP) is 2.21. The Morgan fingerprint density at radius 2 is 2.03 bits per heavy atom. The van der Waals surface area contributed by atoms with Crippen LogP contribution in [0.2, 0.25) is 0 Å². The van der Waals surface area contributed by atoms with Crippen LogP contribution in [0.3, 0.4) is 0 Å². The number of rotatable bonds is 9. The third kappa shape index (κ3) is 5.71. The number of hydrogen-bond donors (Lipinski definition) is 3. The van der Waals surface area contributed by atoms with Gasteiger partial charge in [-0.05, 0) is 38.6 Å². The number of likely N-dealkylation sites (N-methyl/N-ethyl adjacent to an activating group) is 2. The molecule has 3 aromatic rings. The smallest absolute Gasteiger partial charge is 0.236 e. The van der Waals surface area contributed by atoms with Crippen molar-refractivity contribution in [2.45, 2.75) is 19.9 Å². The number of carbonyl (C=O) groups excluding carboxylic acids is 1. The summed E-state index contributed by atoms with van der Waals surface area (Å²) in [6.07, 6.45) is 5.36. The van der Waals surface area contributed by atoms with Gasteiger partial charge in [0.25, 0.3) is 0 Å². The van der Waals surface area contributed by atoms with Crippen LogP contribution in [0, 0.1) is 6.92 Å². The quantitative estimate of drug-likeness (QED) is 0.478. The highest BCUT2D eigenvalue weighted by Crippen LogP contribution is 2.30. The molecule has 3 aromatic heterocycles. The molecule has 0 saturated heterocycles. The molecule has 9 nitrogen and oxygen atoms in total. The second-order valence-electron chi connectivity index (χ2n) is 6.77. The Balaban J connectivity index is 1.64. The van der Waals surface area contributed by atoms with Crippen molar-refractivity contribution in [2.24, 2.45) is 0 Å². The summed E-state index contributed by atoms with van der Waals surface area (Å²) in [7, 11) is 3.70. The third-order valence-electron chi connectivity index (χ3n) is 4.49. The molecule has 0 spiro atoms. The van der Waals surface area contributed by atoms with E-state index in [1.54, 1.807) is 30.8 Å². The molecule has 3 rings (SSSR count). The second kappa shape index (κ2) is 10.1. The molecule has 1 atom stereocenters. The molecule has 0 saturated carbocycles. The van der Waals surface area contributed by atoms with Gasteiger partial charge in [-0.3, -0.25) is 9.78 Å².